The number of carbonyl (C=O) groups excluding carboxylic acids is 1. The van der Waals surface area contributed by atoms with Crippen molar-refractivity contribution in [3.05, 3.63) is 29.8 Å². The summed E-state index contributed by atoms with van der Waals surface area (Å²) in [5.74, 6) is 0.718. The summed E-state index contributed by atoms with van der Waals surface area (Å²) in [6.07, 6.45) is 0. The highest BCUT2D eigenvalue weighted by atomic mass is 16.5. The summed E-state index contributed by atoms with van der Waals surface area (Å²) in [4.78, 5) is 22.2. The molecule has 0 spiro atoms. The summed E-state index contributed by atoms with van der Waals surface area (Å²) < 4.78 is 5.78. The largest absolute Gasteiger partial charge is 0.379 e. The number of likely N-dealkylation sites (N-methyl/N-ethyl adjacent to an activating group) is 1. The number of aryl methyl sites for hydroxylation is 1. The van der Waals surface area contributed by atoms with E-state index in [2.05, 4.69) is 57.8 Å². The molecule has 0 unspecified atom stereocenters. The molecule has 148 valence electrons. The van der Waals surface area contributed by atoms with Gasteiger partial charge in [0.05, 0.1) is 25.8 Å². The molecule has 1 aromatic rings. The number of rotatable bonds is 3. The summed E-state index contributed by atoms with van der Waals surface area (Å²) in [5, 5.41) is 0. The van der Waals surface area contributed by atoms with Gasteiger partial charge < -0.3 is 14.5 Å². The minimum Gasteiger partial charge on any atom is -0.379 e. The third-order valence-electron chi connectivity index (χ3n) is 6.19. The van der Waals surface area contributed by atoms with Crippen LogP contribution in [0.4, 0.5) is 5.69 Å². The fourth-order valence-corrected chi connectivity index (χ4v) is 4.53. The first-order valence-electron chi connectivity index (χ1n) is 10.2. The summed E-state index contributed by atoms with van der Waals surface area (Å²) in [6.45, 7) is 10.7. The molecule has 3 saturated heterocycles. The standard InChI is InChI=1S/C21H32N4O2/c1-17-4-3-5-19(10-17)24-8-6-23(7-9-24)14-21(26)25-12-18-11-22(2)20(13-25)16-27-15-18/h3-5,10,18,20H,6-9,11-16H2,1-2H3/t18-,20+/m1/s1. The third kappa shape index (κ3) is 4.45. The average Bonchev–Trinajstić information content (AvgIpc) is 2.91. The Bertz CT molecular complexity index is 659. The molecule has 6 nitrogen and oxygen atoms in total. The minimum atomic E-state index is 0.284. The zero-order chi connectivity index (χ0) is 18.8. The number of fused-ring (bicyclic) bond motifs is 3. The second-order valence-electron chi connectivity index (χ2n) is 8.40. The molecule has 1 amide bonds. The van der Waals surface area contributed by atoms with E-state index in [1.54, 1.807) is 0 Å². The first-order chi connectivity index (χ1) is 13.1. The van der Waals surface area contributed by atoms with E-state index in [4.69, 9.17) is 4.74 Å². The van der Waals surface area contributed by atoms with E-state index in [0.29, 0.717) is 18.5 Å². The average molecular weight is 373 g/mol. The second-order valence-corrected chi connectivity index (χ2v) is 8.40. The van der Waals surface area contributed by atoms with Gasteiger partial charge in [-0.25, -0.2) is 0 Å². The Morgan fingerprint density at radius 2 is 1.93 bits per heavy atom. The number of benzene rings is 1. The third-order valence-corrected chi connectivity index (χ3v) is 6.19. The van der Waals surface area contributed by atoms with Gasteiger partial charge in [-0.2, -0.15) is 0 Å². The monoisotopic (exact) mass is 372 g/mol. The number of carbonyl (C=O) groups is 1. The lowest BCUT2D eigenvalue weighted by Gasteiger charge is -2.37. The summed E-state index contributed by atoms with van der Waals surface area (Å²) in [6, 6.07) is 9.02. The molecule has 3 aliphatic heterocycles. The lowest BCUT2D eigenvalue weighted by Crippen LogP contribution is -2.52. The molecule has 0 aliphatic carbocycles. The van der Waals surface area contributed by atoms with Crippen LogP contribution in [-0.4, -0.2) is 99.3 Å². The molecule has 0 radical (unpaired) electrons. The normalized spacial score (nSPS) is 27.5. The molecule has 27 heavy (non-hydrogen) atoms. The van der Waals surface area contributed by atoms with Crippen molar-refractivity contribution >= 4 is 11.6 Å². The van der Waals surface area contributed by atoms with Crippen molar-refractivity contribution in [3.63, 3.8) is 0 Å². The van der Waals surface area contributed by atoms with Crippen molar-refractivity contribution in [2.24, 2.45) is 5.92 Å². The molecular formula is C21H32N4O2. The fraction of sp³-hybridized carbons (Fsp3) is 0.667. The van der Waals surface area contributed by atoms with Crippen LogP contribution in [0.2, 0.25) is 0 Å². The molecule has 0 N–H and O–H groups in total. The van der Waals surface area contributed by atoms with Gasteiger partial charge in [0.1, 0.15) is 0 Å². The van der Waals surface area contributed by atoms with Crippen LogP contribution in [0.3, 0.4) is 0 Å². The number of hydrogen-bond acceptors (Lipinski definition) is 5. The number of amides is 1. The van der Waals surface area contributed by atoms with Gasteiger partial charge in [-0.1, -0.05) is 12.1 Å². The molecule has 3 fully saturated rings. The maximum Gasteiger partial charge on any atom is 0.236 e. The highest BCUT2D eigenvalue weighted by Gasteiger charge is 2.33. The molecule has 1 aromatic carbocycles. The molecule has 6 heteroatoms. The van der Waals surface area contributed by atoms with E-state index in [1.807, 2.05) is 0 Å². The Labute approximate surface area is 162 Å². The Kier molecular flexibility index (Phi) is 5.66. The van der Waals surface area contributed by atoms with E-state index in [9.17, 15) is 4.79 Å². The zero-order valence-electron chi connectivity index (χ0n) is 16.6. The van der Waals surface area contributed by atoms with E-state index in [0.717, 1.165) is 59.0 Å². The van der Waals surface area contributed by atoms with Gasteiger partial charge in [0.2, 0.25) is 5.91 Å². The lowest BCUT2D eigenvalue weighted by atomic mass is 10.1. The van der Waals surface area contributed by atoms with Gasteiger partial charge in [0.15, 0.2) is 0 Å². The first kappa shape index (κ1) is 18.7. The van der Waals surface area contributed by atoms with Crippen LogP contribution in [-0.2, 0) is 9.53 Å². The van der Waals surface area contributed by atoms with Crippen LogP contribution in [0.5, 0.6) is 0 Å². The van der Waals surface area contributed by atoms with Crippen molar-refractivity contribution in [1.82, 2.24) is 14.7 Å². The van der Waals surface area contributed by atoms with Crippen LogP contribution < -0.4 is 4.90 Å². The van der Waals surface area contributed by atoms with Crippen molar-refractivity contribution < 1.29 is 9.53 Å². The van der Waals surface area contributed by atoms with Crippen LogP contribution >= 0.6 is 0 Å². The lowest BCUT2D eigenvalue weighted by molar-refractivity contribution is -0.134. The Balaban J connectivity index is 1.30. The smallest absolute Gasteiger partial charge is 0.236 e. The summed E-state index contributed by atoms with van der Waals surface area (Å²) in [7, 11) is 2.16. The van der Waals surface area contributed by atoms with Gasteiger partial charge in [-0.15, -0.1) is 0 Å². The number of hydrogen-bond donors (Lipinski definition) is 0. The van der Waals surface area contributed by atoms with Crippen LogP contribution in [0.25, 0.3) is 0 Å². The number of ether oxygens (including phenoxy) is 1. The van der Waals surface area contributed by atoms with Gasteiger partial charge in [-0.05, 0) is 31.7 Å². The number of anilines is 1. The predicted molar refractivity (Wildman–Crippen MR) is 107 cm³/mol. The van der Waals surface area contributed by atoms with E-state index in [1.165, 1.54) is 11.3 Å². The van der Waals surface area contributed by atoms with Gasteiger partial charge in [-0.3, -0.25) is 14.6 Å². The molecule has 2 atom stereocenters. The maximum absolute atomic E-state index is 13.0. The van der Waals surface area contributed by atoms with Gasteiger partial charge in [0, 0.05) is 57.4 Å². The quantitative estimate of drug-likeness (QED) is 0.789. The van der Waals surface area contributed by atoms with Crippen molar-refractivity contribution in [2.75, 3.05) is 77.5 Å². The van der Waals surface area contributed by atoms with Gasteiger partial charge >= 0.3 is 0 Å². The van der Waals surface area contributed by atoms with E-state index in [-0.39, 0.29) is 5.91 Å². The number of nitrogens with zero attached hydrogens (tertiary/aromatic N) is 4. The molecule has 3 heterocycles. The van der Waals surface area contributed by atoms with Crippen molar-refractivity contribution in [3.8, 4) is 0 Å². The minimum absolute atomic E-state index is 0.284. The zero-order valence-corrected chi connectivity index (χ0v) is 16.6. The summed E-state index contributed by atoms with van der Waals surface area (Å²) in [5.41, 5.74) is 2.59. The highest BCUT2D eigenvalue weighted by Crippen LogP contribution is 2.20. The molecule has 0 aromatic heterocycles. The topological polar surface area (TPSA) is 39.3 Å². The fourth-order valence-electron chi connectivity index (χ4n) is 4.53. The Morgan fingerprint density at radius 3 is 2.70 bits per heavy atom. The van der Waals surface area contributed by atoms with Crippen molar-refractivity contribution in [2.45, 2.75) is 13.0 Å². The van der Waals surface area contributed by atoms with E-state index < -0.39 is 0 Å². The highest BCUT2D eigenvalue weighted by molar-refractivity contribution is 5.78. The number of piperazine rings is 1. The summed E-state index contributed by atoms with van der Waals surface area (Å²) >= 11 is 0. The maximum atomic E-state index is 13.0. The first-order valence-corrected chi connectivity index (χ1v) is 10.2. The van der Waals surface area contributed by atoms with Crippen LogP contribution in [0.15, 0.2) is 24.3 Å². The van der Waals surface area contributed by atoms with Crippen LogP contribution in [0, 0.1) is 12.8 Å². The van der Waals surface area contributed by atoms with Crippen LogP contribution in [0.1, 0.15) is 5.56 Å². The second kappa shape index (κ2) is 8.17. The Hall–Kier alpha value is -1.63. The van der Waals surface area contributed by atoms with E-state index >= 15 is 0 Å². The van der Waals surface area contributed by atoms with Crippen molar-refractivity contribution in [1.29, 1.82) is 0 Å². The predicted octanol–water partition coefficient (Wildman–Crippen LogP) is 0.906. The van der Waals surface area contributed by atoms with Gasteiger partial charge in [0.25, 0.3) is 0 Å². The molecule has 4 rings (SSSR count). The Morgan fingerprint density at radius 1 is 1.11 bits per heavy atom. The molecule has 0 saturated carbocycles. The molecule has 2 bridgehead atoms. The SMILES string of the molecule is Cc1cccc(N2CCN(CC(=O)N3C[C@@H]4COC[C@H](C3)N(C)C4)CC2)c1. The molecular weight excluding hydrogens is 340 g/mol. The molecule has 3 aliphatic rings.